The van der Waals surface area contributed by atoms with Gasteiger partial charge in [0.1, 0.15) is 30.8 Å². The van der Waals surface area contributed by atoms with Crippen molar-refractivity contribution in [1.29, 1.82) is 0 Å². The number of halogens is 2. The zero-order chi connectivity index (χ0) is 27.6. The van der Waals surface area contributed by atoms with Crippen LogP contribution in [-0.2, 0) is 24.6 Å². The van der Waals surface area contributed by atoms with Gasteiger partial charge in [-0.1, -0.05) is 79.5 Å². The van der Waals surface area contributed by atoms with Crippen LogP contribution in [0.3, 0.4) is 0 Å². The normalized spacial score (nSPS) is 11.7. The van der Waals surface area contributed by atoms with Crippen LogP contribution in [-0.4, -0.2) is 22.1 Å². The molecule has 2 N–H and O–H groups in total. The van der Waals surface area contributed by atoms with E-state index in [-0.39, 0.29) is 13.2 Å². The highest BCUT2D eigenvalue weighted by molar-refractivity contribution is 9.10. The maximum atomic E-state index is 11.6. The van der Waals surface area contributed by atoms with Crippen molar-refractivity contribution in [1.82, 2.24) is 10.3 Å². The first-order valence-corrected chi connectivity index (χ1v) is 13.9. The van der Waals surface area contributed by atoms with Crippen LogP contribution in [0.2, 0.25) is 5.02 Å². The fourth-order valence-corrected chi connectivity index (χ4v) is 4.97. The van der Waals surface area contributed by atoms with Crippen molar-refractivity contribution in [2.45, 2.75) is 45.6 Å². The van der Waals surface area contributed by atoms with Crippen LogP contribution in [0.25, 0.3) is 11.1 Å². The van der Waals surface area contributed by atoms with Crippen LogP contribution in [0.5, 0.6) is 11.5 Å². The molecule has 202 valence electrons. The minimum absolute atomic E-state index is 0.282. The standard InChI is InChI=1S/C31H30BrClN2O4/c1-2-8-27(31(36)37)35-18-24-15-26(33)29(16-28(24)38-19-21-9-7-14-34-17-21)39-20-23-12-6-13-25(30(23)32)22-10-4-3-5-11-22/h3-7,9-17,27,35H,2,8,18-20H2,1H3,(H,36,37)/t27-/m0/s1. The average Bonchev–Trinajstić information content (AvgIpc) is 2.95. The molecule has 0 amide bonds. The van der Waals surface area contributed by atoms with Crippen LogP contribution in [0.1, 0.15) is 36.5 Å². The number of rotatable bonds is 13. The van der Waals surface area contributed by atoms with Crippen molar-refractivity contribution >= 4 is 33.5 Å². The third-order valence-electron chi connectivity index (χ3n) is 6.19. The Morgan fingerprint density at radius 1 is 1.00 bits per heavy atom. The van der Waals surface area contributed by atoms with Gasteiger partial charge in [0.25, 0.3) is 0 Å². The molecule has 0 aliphatic carbocycles. The molecule has 0 spiro atoms. The summed E-state index contributed by atoms with van der Waals surface area (Å²) in [4.78, 5) is 15.8. The molecular weight excluding hydrogens is 580 g/mol. The second-order valence-electron chi connectivity index (χ2n) is 9.03. The van der Waals surface area contributed by atoms with Crippen molar-refractivity contribution in [3.8, 4) is 22.6 Å². The second-order valence-corrected chi connectivity index (χ2v) is 10.2. The second kappa shape index (κ2) is 14.1. The van der Waals surface area contributed by atoms with E-state index < -0.39 is 12.0 Å². The van der Waals surface area contributed by atoms with Gasteiger partial charge >= 0.3 is 5.97 Å². The molecule has 0 saturated heterocycles. The number of carboxylic acid groups (broad SMARTS) is 1. The van der Waals surface area contributed by atoms with E-state index in [0.29, 0.717) is 29.5 Å². The SMILES string of the molecule is CCC[C@H](NCc1cc(Cl)c(OCc2cccc(-c3ccccc3)c2Br)cc1OCc1cccnc1)C(=O)O. The zero-order valence-corrected chi connectivity index (χ0v) is 23.9. The third kappa shape index (κ3) is 7.82. The molecule has 1 atom stereocenters. The monoisotopic (exact) mass is 608 g/mol. The molecule has 0 unspecified atom stereocenters. The van der Waals surface area contributed by atoms with E-state index in [1.54, 1.807) is 24.5 Å². The molecule has 0 aliphatic heterocycles. The summed E-state index contributed by atoms with van der Waals surface area (Å²) in [5, 5.41) is 13.1. The molecule has 39 heavy (non-hydrogen) atoms. The van der Waals surface area contributed by atoms with Gasteiger partial charge in [0.05, 0.1) is 5.02 Å². The molecule has 0 saturated carbocycles. The Morgan fingerprint density at radius 2 is 1.79 bits per heavy atom. The van der Waals surface area contributed by atoms with Gasteiger partial charge in [0.15, 0.2) is 0 Å². The number of aromatic nitrogens is 1. The van der Waals surface area contributed by atoms with Crippen LogP contribution in [0.4, 0.5) is 0 Å². The molecule has 0 bridgehead atoms. The van der Waals surface area contributed by atoms with Gasteiger partial charge < -0.3 is 19.9 Å². The summed E-state index contributed by atoms with van der Waals surface area (Å²) >= 11 is 10.4. The van der Waals surface area contributed by atoms with Crippen LogP contribution >= 0.6 is 27.5 Å². The Labute approximate surface area is 242 Å². The van der Waals surface area contributed by atoms with E-state index in [1.165, 1.54) is 0 Å². The number of carboxylic acids is 1. The number of ether oxygens (including phenoxy) is 2. The van der Waals surface area contributed by atoms with Crippen LogP contribution < -0.4 is 14.8 Å². The first-order chi connectivity index (χ1) is 19.0. The Hall–Kier alpha value is -3.39. The zero-order valence-electron chi connectivity index (χ0n) is 21.6. The van der Waals surface area contributed by atoms with Crippen LogP contribution in [0, 0.1) is 0 Å². The molecule has 6 nitrogen and oxygen atoms in total. The smallest absolute Gasteiger partial charge is 0.320 e. The highest BCUT2D eigenvalue weighted by Crippen LogP contribution is 2.36. The van der Waals surface area contributed by atoms with Crippen molar-refractivity contribution < 1.29 is 19.4 Å². The van der Waals surface area contributed by atoms with Crippen molar-refractivity contribution in [3.63, 3.8) is 0 Å². The maximum Gasteiger partial charge on any atom is 0.320 e. The number of nitrogens with one attached hydrogen (secondary N) is 1. The Bertz CT molecular complexity index is 1390. The van der Waals surface area contributed by atoms with E-state index in [9.17, 15) is 9.90 Å². The van der Waals surface area contributed by atoms with E-state index >= 15 is 0 Å². The number of hydrogen-bond donors (Lipinski definition) is 2. The van der Waals surface area contributed by atoms with Gasteiger partial charge in [0, 0.05) is 46.2 Å². The molecule has 0 radical (unpaired) electrons. The average molecular weight is 610 g/mol. The number of hydrogen-bond acceptors (Lipinski definition) is 5. The molecule has 8 heteroatoms. The summed E-state index contributed by atoms with van der Waals surface area (Å²) in [7, 11) is 0. The molecule has 1 aromatic heterocycles. The largest absolute Gasteiger partial charge is 0.488 e. The molecule has 0 aliphatic rings. The van der Waals surface area contributed by atoms with Gasteiger partial charge in [-0.3, -0.25) is 9.78 Å². The predicted molar refractivity (Wildman–Crippen MR) is 157 cm³/mol. The van der Waals surface area contributed by atoms with Gasteiger partial charge in [-0.25, -0.2) is 0 Å². The van der Waals surface area contributed by atoms with E-state index in [2.05, 4.69) is 44.4 Å². The summed E-state index contributed by atoms with van der Waals surface area (Å²) in [5.41, 5.74) is 4.80. The third-order valence-corrected chi connectivity index (χ3v) is 7.42. The number of benzene rings is 3. The van der Waals surface area contributed by atoms with Gasteiger partial charge in [-0.15, -0.1) is 0 Å². The molecule has 0 fully saturated rings. The minimum Gasteiger partial charge on any atom is -0.488 e. The lowest BCUT2D eigenvalue weighted by Gasteiger charge is -2.18. The number of nitrogens with zero attached hydrogens (tertiary/aromatic N) is 1. The highest BCUT2D eigenvalue weighted by Gasteiger charge is 2.18. The molecular formula is C31H30BrClN2O4. The summed E-state index contributed by atoms with van der Waals surface area (Å²) in [6.07, 6.45) is 4.72. The Balaban J connectivity index is 1.56. The van der Waals surface area contributed by atoms with E-state index in [0.717, 1.165) is 38.7 Å². The summed E-state index contributed by atoms with van der Waals surface area (Å²) in [6, 6.07) is 22.8. The topological polar surface area (TPSA) is 80.7 Å². The first-order valence-electron chi connectivity index (χ1n) is 12.7. The van der Waals surface area contributed by atoms with Crippen molar-refractivity contribution in [3.05, 3.63) is 111 Å². The molecule has 3 aromatic carbocycles. The lowest BCUT2D eigenvalue weighted by molar-refractivity contribution is -0.139. The van der Waals surface area contributed by atoms with Crippen LogP contribution in [0.15, 0.2) is 89.7 Å². The van der Waals surface area contributed by atoms with Crippen molar-refractivity contribution in [2.24, 2.45) is 0 Å². The van der Waals surface area contributed by atoms with E-state index in [1.807, 2.05) is 49.4 Å². The first kappa shape index (κ1) is 28.6. The Morgan fingerprint density at radius 3 is 2.51 bits per heavy atom. The van der Waals surface area contributed by atoms with Crippen molar-refractivity contribution in [2.75, 3.05) is 0 Å². The molecule has 1 heterocycles. The lowest BCUT2D eigenvalue weighted by atomic mass is 10.0. The molecule has 4 aromatic rings. The fraction of sp³-hybridized carbons (Fsp3) is 0.226. The minimum atomic E-state index is -0.885. The summed E-state index contributed by atoms with van der Waals surface area (Å²) in [6.45, 7) is 2.82. The number of pyridine rings is 1. The summed E-state index contributed by atoms with van der Waals surface area (Å²) < 4.78 is 13.3. The maximum absolute atomic E-state index is 11.6. The highest BCUT2D eigenvalue weighted by atomic mass is 79.9. The van der Waals surface area contributed by atoms with Gasteiger partial charge in [-0.05, 0) is 45.6 Å². The predicted octanol–water partition coefficient (Wildman–Crippen LogP) is 7.67. The Kier molecular flexibility index (Phi) is 10.4. The quantitative estimate of drug-likeness (QED) is 0.162. The van der Waals surface area contributed by atoms with Gasteiger partial charge in [-0.2, -0.15) is 0 Å². The lowest BCUT2D eigenvalue weighted by Crippen LogP contribution is -2.36. The molecule has 4 rings (SSSR count). The van der Waals surface area contributed by atoms with E-state index in [4.69, 9.17) is 21.1 Å². The number of aliphatic carboxylic acids is 1. The fourth-order valence-electron chi connectivity index (χ4n) is 4.13. The van der Waals surface area contributed by atoms with Gasteiger partial charge in [0.2, 0.25) is 0 Å². The summed E-state index contributed by atoms with van der Waals surface area (Å²) in [5.74, 6) is 0.148. The number of carbonyl (C=O) groups is 1.